The molecule has 1 aliphatic heterocycles. The van der Waals surface area contributed by atoms with E-state index in [1.54, 1.807) is 21.0 Å². The molecule has 0 bridgehead atoms. The summed E-state index contributed by atoms with van der Waals surface area (Å²) in [4.78, 5) is 12.9. The van der Waals surface area contributed by atoms with E-state index in [0.717, 1.165) is 0 Å². The Morgan fingerprint density at radius 2 is 2.27 bits per heavy atom. The highest BCUT2D eigenvalue weighted by molar-refractivity contribution is 5.75. The van der Waals surface area contributed by atoms with E-state index < -0.39 is 5.79 Å². The van der Waals surface area contributed by atoms with Gasteiger partial charge in [-0.2, -0.15) is 0 Å². The van der Waals surface area contributed by atoms with Gasteiger partial charge in [-0.15, -0.1) is 0 Å². The van der Waals surface area contributed by atoms with E-state index in [1.165, 1.54) is 11.2 Å². The Morgan fingerprint density at radius 1 is 1.60 bits per heavy atom. The molecule has 1 unspecified atom stereocenters. The molecule has 1 heterocycles. The van der Waals surface area contributed by atoms with Crippen LogP contribution in [0.2, 0.25) is 0 Å². The lowest BCUT2D eigenvalue weighted by Gasteiger charge is -2.24. The second-order valence-corrected chi connectivity index (χ2v) is 3.88. The molecule has 0 aliphatic carbocycles. The fourth-order valence-electron chi connectivity index (χ4n) is 1.25. The van der Waals surface area contributed by atoms with Crippen LogP contribution < -0.4 is 0 Å². The molecule has 1 amide bonds. The van der Waals surface area contributed by atoms with Gasteiger partial charge >= 0.3 is 0 Å². The van der Waals surface area contributed by atoms with Crippen molar-refractivity contribution in [2.45, 2.75) is 25.6 Å². The molecule has 0 aromatic heterocycles. The molecule has 15 heavy (non-hydrogen) atoms. The molecule has 0 saturated carbocycles. The number of rotatable bonds is 4. The minimum absolute atomic E-state index is 0.0286. The van der Waals surface area contributed by atoms with Gasteiger partial charge < -0.3 is 19.5 Å². The van der Waals surface area contributed by atoms with Crippen LogP contribution in [0.1, 0.15) is 19.8 Å². The minimum atomic E-state index is -0.816. The van der Waals surface area contributed by atoms with E-state index in [4.69, 9.17) is 14.6 Å². The molecule has 0 radical (unpaired) electrons. The number of aliphatic hydroxyl groups is 1. The summed E-state index contributed by atoms with van der Waals surface area (Å²) < 4.78 is 10.6. The minimum Gasteiger partial charge on any atom is -0.457 e. The Bertz CT molecular complexity index is 275. The van der Waals surface area contributed by atoms with Gasteiger partial charge in [0.25, 0.3) is 0 Å². The topological polar surface area (TPSA) is 59.0 Å². The lowest BCUT2D eigenvalue weighted by Crippen LogP contribution is -2.30. The molecule has 86 valence electrons. The van der Waals surface area contributed by atoms with Gasteiger partial charge in [0.2, 0.25) is 11.7 Å². The van der Waals surface area contributed by atoms with Crippen LogP contribution in [0.25, 0.3) is 0 Å². The maximum Gasteiger partial charge on any atom is 0.248 e. The Hall–Kier alpha value is -1.23. The van der Waals surface area contributed by atoms with Crippen molar-refractivity contribution in [3.8, 4) is 0 Å². The second-order valence-electron chi connectivity index (χ2n) is 3.88. The fraction of sp³-hybridized carbons (Fsp3) is 0.700. The first-order chi connectivity index (χ1) is 6.97. The molecule has 0 saturated heterocycles. The smallest absolute Gasteiger partial charge is 0.248 e. The molecule has 1 aliphatic rings. The standard InChI is InChI=1S/C10H17NO4/c1-10(5-4-9(13)11(2)3)14-7-8(6-12)15-10/h7,12H,4-6H2,1-3H3. The summed E-state index contributed by atoms with van der Waals surface area (Å²) in [5, 5.41) is 8.82. The van der Waals surface area contributed by atoms with Crippen molar-refractivity contribution < 1.29 is 19.4 Å². The Kier molecular flexibility index (Phi) is 3.57. The molecule has 1 rings (SSSR count). The van der Waals surface area contributed by atoms with Gasteiger partial charge in [-0.25, -0.2) is 0 Å². The first-order valence-corrected chi connectivity index (χ1v) is 4.84. The fourth-order valence-corrected chi connectivity index (χ4v) is 1.25. The molecular formula is C10H17NO4. The molecule has 5 heteroatoms. The molecular weight excluding hydrogens is 198 g/mol. The van der Waals surface area contributed by atoms with Crippen LogP contribution in [-0.4, -0.2) is 42.4 Å². The average molecular weight is 215 g/mol. The zero-order valence-corrected chi connectivity index (χ0v) is 9.32. The van der Waals surface area contributed by atoms with Gasteiger partial charge in [-0.3, -0.25) is 4.79 Å². The number of hydrogen-bond acceptors (Lipinski definition) is 4. The summed E-state index contributed by atoms with van der Waals surface area (Å²) in [5.41, 5.74) is 0. The number of nitrogens with zero attached hydrogens (tertiary/aromatic N) is 1. The number of carbonyl (C=O) groups excluding carboxylic acids is 1. The van der Waals surface area contributed by atoms with Crippen LogP contribution in [0.4, 0.5) is 0 Å². The first-order valence-electron chi connectivity index (χ1n) is 4.84. The molecule has 0 aromatic rings. The number of carbonyl (C=O) groups is 1. The normalized spacial score (nSPS) is 24.1. The van der Waals surface area contributed by atoms with E-state index in [2.05, 4.69) is 0 Å². The number of ether oxygens (including phenoxy) is 2. The van der Waals surface area contributed by atoms with E-state index in [-0.39, 0.29) is 12.5 Å². The molecule has 0 fully saturated rings. The zero-order valence-electron chi connectivity index (χ0n) is 9.32. The Morgan fingerprint density at radius 3 is 2.73 bits per heavy atom. The lowest BCUT2D eigenvalue weighted by molar-refractivity contribution is -0.150. The van der Waals surface area contributed by atoms with Crippen LogP contribution in [0.15, 0.2) is 12.0 Å². The van der Waals surface area contributed by atoms with Crippen LogP contribution in [0, 0.1) is 0 Å². The second kappa shape index (κ2) is 4.53. The highest BCUT2D eigenvalue weighted by Gasteiger charge is 2.33. The molecule has 1 N–H and O–H groups in total. The molecule has 1 atom stereocenters. The van der Waals surface area contributed by atoms with E-state index in [1.807, 2.05) is 0 Å². The monoisotopic (exact) mass is 215 g/mol. The van der Waals surface area contributed by atoms with Gasteiger partial charge in [0.1, 0.15) is 12.9 Å². The van der Waals surface area contributed by atoms with E-state index >= 15 is 0 Å². The van der Waals surface area contributed by atoms with Crippen molar-refractivity contribution in [3.63, 3.8) is 0 Å². The van der Waals surface area contributed by atoms with Crippen molar-refractivity contribution in [2.24, 2.45) is 0 Å². The maximum absolute atomic E-state index is 11.3. The summed E-state index contributed by atoms with van der Waals surface area (Å²) in [6.45, 7) is 1.56. The summed E-state index contributed by atoms with van der Waals surface area (Å²) in [6, 6.07) is 0. The summed E-state index contributed by atoms with van der Waals surface area (Å²) in [5.74, 6) is -0.389. The van der Waals surface area contributed by atoms with Crippen LogP contribution in [0.5, 0.6) is 0 Å². The number of amides is 1. The summed E-state index contributed by atoms with van der Waals surface area (Å²) >= 11 is 0. The highest BCUT2D eigenvalue weighted by atomic mass is 16.7. The molecule has 0 spiro atoms. The number of aliphatic hydroxyl groups excluding tert-OH is 1. The predicted octanol–water partition coefficient (Wildman–Crippen LogP) is 0.451. The van der Waals surface area contributed by atoms with E-state index in [9.17, 15) is 4.79 Å². The highest BCUT2D eigenvalue weighted by Crippen LogP contribution is 2.29. The zero-order chi connectivity index (χ0) is 11.5. The van der Waals surface area contributed by atoms with Crippen molar-refractivity contribution in [1.82, 2.24) is 4.90 Å². The largest absolute Gasteiger partial charge is 0.457 e. The van der Waals surface area contributed by atoms with Gasteiger partial charge in [0, 0.05) is 33.9 Å². The van der Waals surface area contributed by atoms with Gasteiger partial charge in [-0.05, 0) is 0 Å². The molecule has 5 nitrogen and oxygen atoms in total. The maximum atomic E-state index is 11.3. The SMILES string of the molecule is CN(C)C(=O)CCC1(C)OC=C(CO)O1. The molecule has 0 aromatic carbocycles. The van der Waals surface area contributed by atoms with Gasteiger partial charge in [-0.1, -0.05) is 0 Å². The van der Waals surface area contributed by atoms with Crippen molar-refractivity contribution in [2.75, 3.05) is 20.7 Å². The van der Waals surface area contributed by atoms with Crippen LogP contribution >= 0.6 is 0 Å². The summed E-state index contributed by atoms with van der Waals surface area (Å²) in [6.07, 6.45) is 2.21. The third-order valence-electron chi connectivity index (χ3n) is 2.23. The van der Waals surface area contributed by atoms with Gasteiger partial charge in [0.05, 0.1) is 0 Å². The average Bonchev–Trinajstić information content (AvgIpc) is 2.57. The Labute approximate surface area is 89.3 Å². The van der Waals surface area contributed by atoms with Crippen LogP contribution in [-0.2, 0) is 14.3 Å². The Balaban J connectivity index is 2.37. The summed E-state index contributed by atoms with van der Waals surface area (Å²) in [7, 11) is 3.41. The van der Waals surface area contributed by atoms with Crippen LogP contribution in [0.3, 0.4) is 0 Å². The van der Waals surface area contributed by atoms with Crippen molar-refractivity contribution in [1.29, 1.82) is 0 Å². The third-order valence-corrected chi connectivity index (χ3v) is 2.23. The first kappa shape index (κ1) is 11.8. The number of hydrogen-bond donors (Lipinski definition) is 1. The quantitative estimate of drug-likeness (QED) is 0.739. The van der Waals surface area contributed by atoms with E-state index in [0.29, 0.717) is 18.6 Å². The van der Waals surface area contributed by atoms with Crippen molar-refractivity contribution in [3.05, 3.63) is 12.0 Å². The van der Waals surface area contributed by atoms with Crippen molar-refractivity contribution >= 4 is 5.91 Å². The van der Waals surface area contributed by atoms with Gasteiger partial charge in [0.15, 0.2) is 5.76 Å². The predicted molar refractivity (Wildman–Crippen MR) is 53.7 cm³/mol. The third kappa shape index (κ3) is 3.13. The lowest BCUT2D eigenvalue weighted by atomic mass is 10.1.